The highest BCUT2D eigenvalue weighted by atomic mass is 16.5. The summed E-state index contributed by atoms with van der Waals surface area (Å²) in [7, 11) is 2.78. The maximum atomic E-state index is 12.8. The fraction of sp³-hybridized carbons (Fsp3) is 0.423. The Labute approximate surface area is 200 Å². The molecule has 3 aromatic rings. The Bertz CT molecular complexity index is 1160. The van der Waals surface area contributed by atoms with Gasteiger partial charge in [-0.2, -0.15) is 0 Å². The lowest BCUT2D eigenvalue weighted by Gasteiger charge is -2.12. The molecule has 8 heteroatoms. The van der Waals surface area contributed by atoms with E-state index >= 15 is 0 Å². The number of nitrogens with zero attached hydrogens (tertiary/aromatic N) is 2. The van der Waals surface area contributed by atoms with Crippen LogP contribution >= 0.6 is 0 Å². The minimum absolute atomic E-state index is 0.128. The third-order valence-electron chi connectivity index (χ3n) is 5.53. The highest BCUT2D eigenvalue weighted by Crippen LogP contribution is 2.33. The Kier molecular flexibility index (Phi) is 8.28. The zero-order chi connectivity index (χ0) is 24.8. The summed E-state index contributed by atoms with van der Waals surface area (Å²) >= 11 is 0. The lowest BCUT2D eigenvalue weighted by atomic mass is 10.1. The minimum Gasteiger partial charge on any atom is -0.464 e. The average Bonchev–Trinajstić information content (AvgIpc) is 3.07. The summed E-state index contributed by atoms with van der Waals surface area (Å²) in [5.74, 6) is -0.461. The van der Waals surface area contributed by atoms with Gasteiger partial charge in [0.05, 0.1) is 24.7 Å². The number of aromatic nitrogens is 2. The monoisotopic (exact) mass is 466 g/mol. The zero-order valence-corrected chi connectivity index (χ0v) is 20.8. The van der Waals surface area contributed by atoms with E-state index in [4.69, 9.17) is 9.47 Å². The summed E-state index contributed by atoms with van der Waals surface area (Å²) in [6.07, 6.45) is 2.59. The van der Waals surface area contributed by atoms with Crippen molar-refractivity contribution in [3.8, 4) is 0 Å². The molecule has 1 aromatic carbocycles. The largest absolute Gasteiger partial charge is 0.464 e. The number of anilines is 2. The second kappa shape index (κ2) is 11.2. The normalized spacial score (nSPS) is 11.1. The first-order chi connectivity index (χ1) is 16.2. The fourth-order valence-corrected chi connectivity index (χ4v) is 4.04. The van der Waals surface area contributed by atoms with Crippen LogP contribution in [0.5, 0.6) is 0 Å². The Morgan fingerprint density at radius 2 is 1.79 bits per heavy atom. The molecular formula is C26H34N4O4. The summed E-state index contributed by atoms with van der Waals surface area (Å²) in [6, 6.07) is 8.33. The number of aryl methyl sites for hydroxylation is 3. The molecule has 2 N–H and O–H groups in total. The van der Waals surface area contributed by atoms with Crippen LogP contribution in [0.2, 0.25) is 0 Å². The first kappa shape index (κ1) is 25.2. The van der Waals surface area contributed by atoms with Crippen molar-refractivity contribution in [2.45, 2.75) is 47.2 Å². The number of benzene rings is 1. The van der Waals surface area contributed by atoms with Gasteiger partial charge in [-0.15, -0.1) is 0 Å². The molecule has 0 aliphatic carbocycles. The lowest BCUT2D eigenvalue weighted by molar-refractivity contribution is -0.119. The van der Waals surface area contributed by atoms with Gasteiger partial charge in [0.2, 0.25) is 5.91 Å². The first-order valence-corrected chi connectivity index (χ1v) is 11.4. The number of esters is 1. The van der Waals surface area contributed by atoms with Gasteiger partial charge in [0, 0.05) is 25.6 Å². The molecule has 0 bridgehead atoms. The Morgan fingerprint density at radius 1 is 1.09 bits per heavy atom. The summed E-state index contributed by atoms with van der Waals surface area (Å²) in [6.45, 7) is 9.46. The maximum absolute atomic E-state index is 12.8. The van der Waals surface area contributed by atoms with E-state index in [1.54, 1.807) is 6.20 Å². The van der Waals surface area contributed by atoms with Crippen molar-refractivity contribution in [2.75, 3.05) is 31.5 Å². The van der Waals surface area contributed by atoms with E-state index in [2.05, 4.69) is 61.5 Å². The smallest absolute Gasteiger partial charge is 0.356 e. The molecule has 34 heavy (non-hydrogen) atoms. The molecule has 0 aliphatic rings. The number of rotatable bonds is 10. The topological polar surface area (TPSA) is 94.5 Å². The first-order valence-electron chi connectivity index (χ1n) is 11.4. The second-order valence-electron chi connectivity index (χ2n) is 8.98. The molecule has 8 nitrogen and oxygen atoms in total. The van der Waals surface area contributed by atoms with Gasteiger partial charge in [-0.25, -0.2) is 9.78 Å². The van der Waals surface area contributed by atoms with E-state index in [-0.39, 0.29) is 18.2 Å². The van der Waals surface area contributed by atoms with Crippen LogP contribution in [0.3, 0.4) is 0 Å². The van der Waals surface area contributed by atoms with Crippen molar-refractivity contribution in [3.63, 3.8) is 0 Å². The van der Waals surface area contributed by atoms with Crippen LogP contribution in [-0.4, -0.2) is 42.3 Å². The van der Waals surface area contributed by atoms with Crippen molar-refractivity contribution >= 4 is 34.3 Å². The lowest BCUT2D eigenvalue weighted by Crippen LogP contribution is -2.20. The molecule has 1 amide bonds. The van der Waals surface area contributed by atoms with Crippen molar-refractivity contribution in [3.05, 3.63) is 52.8 Å². The average molecular weight is 467 g/mol. The van der Waals surface area contributed by atoms with Crippen molar-refractivity contribution in [1.82, 2.24) is 9.55 Å². The standard InChI is InChI=1S/C26H34N4O4/c1-16(2)7-8-30-24(26(32)34-6)23(29-22(31)15-33-5)21-12-20(14-28-25(21)30)27-13-19-10-17(3)9-18(4)11-19/h9-12,14,16,27H,7-8,13,15H2,1-6H3,(H,29,31). The molecule has 0 fully saturated rings. The molecule has 2 heterocycles. The highest BCUT2D eigenvalue weighted by molar-refractivity contribution is 6.11. The molecule has 0 spiro atoms. The van der Waals surface area contributed by atoms with Crippen LogP contribution < -0.4 is 10.6 Å². The number of nitrogens with one attached hydrogen (secondary N) is 2. The number of ether oxygens (including phenoxy) is 2. The predicted octanol–water partition coefficient (Wildman–Crippen LogP) is 4.68. The molecule has 3 rings (SSSR count). The molecule has 0 aliphatic heterocycles. The summed E-state index contributed by atoms with van der Waals surface area (Å²) in [5.41, 5.74) is 5.64. The van der Waals surface area contributed by atoms with Crippen molar-refractivity contribution in [2.24, 2.45) is 5.92 Å². The van der Waals surface area contributed by atoms with Crippen LogP contribution in [0.25, 0.3) is 11.0 Å². The molecular weight excluding hydrogens is 432 g/mol. The Balaban J connectivity index is 2.06. The van der Waals surface area contributed by atoms with E-state index in [1.165, 1.54) is 25.3 Å². The SMILES string of the molecule is COCC(=O)Nc1c(C(=O)OC)n(CCC(C)C)c2ncc(NCc3cc(C)cc(C)c3)cc12. The fourth-order valence-electron chi connectivity index (χ4n) is 4.04. The Hall–Kier alpha value is -3.39. The molecule has 0 atom stereocenters. The molecule has 0 saturated heterocycles. The Morgan fingerprint density at radius 3 is 2.41 bits per heavy atom. The summed E-state index contributed by atoms with van der Waals surface area (Å²) < 4.78 is 11.9. The molecule has 2 aromatic heterocycles. The van der Waals surface area contributed by atoms with E-state index < -0.39 is 5.97 Å². The minimum atomic E-state index is -0.529. The third-order valence-corrected chi connectivity index (χ3v) is 5.53. The van der Waals surface area contributed by atoms with Crippen LogP contribution in [0, 0.1) is 19.8 Å². The third kappa shape index (κ3) is 5.94. The van der Waals surface area contributed by atoms with Gasteiger partial charge < -0.3 is 24.7 Å². The maximum Gasteiger partial charge on any atom is 0.356 e. The molecule has 0 saturated carbocycles. The van der Waals surface area contributed by atoms with Gasteiger partial charge in [0.15, 0.2) is 5.69 Å². The van der Waals surface area contributed by atoms with E-state index in [9.17, 15) is 9.59 Å². The second-order valence-corrected chi connectivity index (χ2v) is 8.98. The number of carbonyl (C=O) groups is 2. The van der Waals surface area contributed by atoms with Crippen LogP contribution in [0.1, 0.15) is 47.4 Å². The van der Waals surface area contributed by atoms with E-state index in [0.717, 1.165) is 17.7 Å². The number of fused-ring (bicyclic) bond motifs is 1. The van der Waals surface area contributed by atoms with Gasteiger partial charge in [-0.3, -0.25) is 4.79 Å². The quantitative estimate of drug-likeness (QED) is 0.421. The molecule has 0 radical (unpaired) electrons. The van der Waals surface area contributed by atoms with Crippen molar-refractivity contribution < 1.29 is 19.1 Å². The molecule has 0 unspecified atom stereocenters. The number of hydrogen-bond donors (Lipinski definition) is 2. The number of hydrogen-bond acceptors (Lipinski definition) is 6. The van der Waals surface area contributed by atoms with Gasteiger partial charge in [-0.1, -0.05) is 43.2 Å². The van der Waals surface area contributed by atoms with Crippen LogP contribution in [0.4, 0.5) is 11.4 Å². The summed E-state index contributed by atoms with van der Waals surface area (Å²) in [5, 5.41) is 6.92. The van der Waals surface area contributed by atoms with Gasteiger partial charge in [0.25, 0.3) is 0 Å². The van der Waals surface area contributed by atoms with Crippen molar-refractivity contribution in [1.29, 1.82) is 0 Å². The number of amides is 1. The summed E-state index contributed by atoms with van der Waals surface area (Å²) in [4.78, 5) is 29.9. The molecule has 182 valence electrons. The van der Waals surface area contributed by atoms with Gasteiger partial charge >= 0.3 is 5.97 Å². The number of carbonyl (C=O) groups excluding carboxylic acids is 2. The van der Waals surface area contributed by atoms with Gasteiger partial charge in [-0.05, 0) is 37.8 Å². The van der Waals surface area contributed by atoms with Crippen LogP contribution in [-0.2, 0) is 27.4 Å². The highest BCUT2D eigenvalue weighted by Gasteiger charge is 2.26. The number of methoxy groups -OCH3 is 2. The zero-order valence-electron chi connectivity index (χ0n) is 20.8. The van der Waals surface area contributed by atoms with Gasteiger partial charge in [0.1, 0.15) is 12.3 Å². The predicted molar refractivity (Wildman–Crippen MR) is 134 cm³/mol. The number of pyridine rings is 1. The van der Waals surface area contributed by atoms with Crippen LogP contribution in [0.15, 0.2) is 30.5 Å². The van der Waals surface area contributed by atoms with E-state index in [1.807, 2.05) is 10.6 Å². The van der Waals surface area contributed by atoms with E-state index in [0.29, 0.717) is 35.7 Å².